The summed E-state index contributed by atoms with van der Waals surface area (Å²) in [6.45, 7) is 3.83. The normalized spacial score (nSPS) is 9.72. The Bertz CT molecular complexity index is 443. The van der Waals surface area contributed by atoms with Gasteiger partial charge in [-0.15, -0.1) is 0 Å². The van der Waals surface area contributed by atoms with Gasteiger partial charge in [0, 0.05) is 5.56 Å². The molecule has 0 spiro atoms. The second-order valence-corrected chi connectivity index (χ2v) is 3.68. The van der Waals surface area contributed by atoms with E-state index in [-0.39, 0.29) is 18.2 Å². The van der Waals surface area contributed by atoms with Crippen molar-refractivity contribution in [2.75, 3.05) is 20.3 Å². The number of benzene rings is 1. The third kappa shape index (κ3) is 3.76. The van der Waals surface area contributed by atoms with E-state index in [9.17, 15) is 9.59 Å². The van der Waals surface area contributed by atoms with E-state index in [0.717, 1.165) is 0 Å². The molecule has 0 heterocycles. The minimum atomic E-state index is -0.313. The Kier molecular flexibility index (Phi) is 5.17. The van der Waals surface area contributed by atoms with Crippen LogP contribution >= 0.6 is 0 Å². The van der Waals surface area contributed by atoms with Crippen molar-refractivity contribution < 1.29 is 19.1 Å². The average Bonchev–Trinajstić information content (AvgIpc) is 2.36. The van der Waals surface area contributed by atoms with Crippen LogP contribution in [-0.2, 0) is 4.79 Å². The summed E-state index contributed by atoms with van der Waals surface area (Å²) >= 11 is 0. The highest BCUT2D eigenvalue weighted by molar-refractivity contribution is 5.97. The summed E-state index contributed by atoms with van der Waals surface area (Å²) in [4.78, 5) is 22.5. The van der Waals surface area contributed by atoms with E-state index in [1.165, 1.54) is 14.0 Å². The van der Waals surface area contributed by atoms with Crippen LogP contribution in [0.3, 0.4) is 0 Å². The van der Waals surface area contributed by atoms with Crippen molar-refractivity contribution in [2.45, 2.75) is 13.8 Å². The molecule has 5 heteroatoms. The molecule has 0 bridgehead atoms. The summed E-state index contributed by atoms with van der Waals surface area (Å²) in [7, 11) is 1.51. The van der Waals surface area contributed by atoms with E-state index in [0.29, 0.717) is 23.7 Å². The number of carbonyl (C=O) groups excluding carboxylic acids is 2. The van der Waals surface area contributed by atoms with E-state index in [4.69, 9.17) is 9.47 Å². The number of carbonyl (C=O) groups is 2. The Morgan fingerprint density at radius 3 is 2.56 bits per heavy atom. The molecule has 1 amide bonds. The maximum atomic E-state index is 11.7. The second-order valence-electron chi connectivity index (χ2n) is 3.68. The van der Waals surface area contributed by atoms with Crippen molar-refractivity contribution in [3.05, 3.63) is 23.8 Å². The zero-order valence-corrected chi connectivity index (χ0v) is 10.8. The third-order valence-electron chi connectivity index (χ3n) is 2.22. The van der Waals surface area contributed by atoms with Crippen LogP contribution in [0.4, 0.5) is 0 Å². The molecule has 0 aliphatic rings. The molecule has 1 rings (SSSR count). The molecule has 0 aliphatic carbocycles. The lowest BCUT2D eigenvalue weighted by molar-refractivity contribution is -0.116. The average molecular weight is 251 g/mol. The number of Topliss-reactive ketones (excluding diaryl/α,β-unsaturated/α-hetero) is 1. The highest BCUT2D eigenvalue weighted by Crippen LogP contribution is 2.27. The first-order chi connectivity index (χ1) is 8.58. The topological polar surface area (TPSA) is 64.6 Å². The van der Waals surface area contributed by atoms with Gasteiger partial charge < -0.3 is 14.8 Å². The molecule has 0 fully saturated rings. The SMILES string of the molecule is CCOc1ccc(C(=O)NCC(C)=O)cc1OC. The summed E-state index contributed by atoms with van der Waals surface area (Å²) in [6.07, 6.45) is 0. The van der Waals surface area contributed by atoms with Crippen molar-refractivity contribution in [2.24, 2.45) is 0 Å². The first-order valence-electron chi connectivity index (χ1n) is 5.67. The van der Waals surface area contributed by atoms with Crippen LogP contribution in [0.5, 0.6) is 11.5 Å². The largest absolute Gasteiger partial charge is 0.493 e. The Hall–Kier alpha value is -2.04. The molecule has 0 unspecified atom stereocenters. The van der Waals surface area contributed by atoms with Crippen LogP contribution < -0.4 is 14.8 Å². The van der Waals surface area contributed by atoms with Gasteiger partial charge in [0.05, 0.1) is 20.3 Å². The molecule has 0 aliphatic heterocycles. The van der Waals surface area contributed by atoms with Crippen LogP contribution in [0.25, 0.3) is 0 Å². The third-order valence-corrected chi connectivity index (χ3v) is 2.22. The van der Waals surface area contributed by atoms with Gasteiger partial charge >= 0.3 is 0 Å². The number of hydrogen-bond acceptors (Lipinski definition) is 4. The molecule has 1 aromatic carbocycles. The predicted molar refractivity (Wildman–Crippen MR) is 67.2 cm³/mol. The van der Waals surface area contributed by atoms with Gasteiger partial charge in [-0.2, -0.15) is 0 Å². The van der Waals surface area contributed by atoms with E-state index in [1.807, 2.05) is 6.92 Å². The molecular weight excluding hydrogens is 234 g/mol. The number of rotatable bonds is 6. The molecule has 5 nitrogen and oxygen atoms in total. The maximum absolute atomic E-state index is 11.7. The second kappa shape index (κ2) is 6.64. The zero-order valence-electron chi connectivity index (χ0n) is 10.8. The molecule has 0 saturated heterocycles. The fourth-order valence-corrected chi connectivity index (χ4v) is 1.39. The molecule has 0 aromatic heterocycles. The number of amides is 1. The number of ether oxygens (including phenoxy) is 2. The number of ketones is 1. The Labute approximate surface area is 106 Å². The first-order valence-corrected chi connectivity index (χ1v) is 5.67. The van der Waals surface area contributed by atoms with Crippen molar-refractivity contribution in [1.29, 1.82) is 0 Å². The molecule has 98 valence electrons. The fraction of sp³-hybridized carbons (Fsp3) is 0.385. The van der Waals surface area contributed by atoms with Crippen molar-refractivity contribution >= 4 is 11.7 Å². The molecule has 18 heavy (non-hydrogen) atoms. The van der Waals surface area contributed by atoms with Crippen molar-refractivity contribution in [3.8, 4) is 11.5 Å². The maximum Gasteiger partial charge on any atom is 0.251 e. The summed E-state index contributed by atoms with van der Waals surface area (Å²) in [5.41, 5.74) is 0.427. The fourth-order valence-electron chi connectivity index (χ4n) is 1.39. The van der Waals surface area contributed by atoms with Gasteiger partial charge in [-0.3, -0.25) is 9.59 Å². The van der Waals surface area contributed by atoms with Gasteiger partial charge in [0.25, 0.3) is 5.91 Å². The number of nitrogens with one attached hydrogen (secondary N) is 1. The molecule has 1 N–H and O–H groups in total. The highest BCUT2D eigenvalue weighted by atomic mass is 16.5. The van der Waals surface area contributed by atoms with Gasteiger partial charge in [-0.1, -0.05) is 0 Å². The van der Waals surface area contributed by atoms with E-state index in [1.54, 1.807) is 18.2 Å². The predicted octanol–water partition coefficient (Wildman–Crippen LogP) is 1.41. The van der Waals surface area contributed by atoms with Crippen LogP contribution in [0.15, 0.2) is 18.2 Å². The highest BCUT2D eigenvalue weighted by Gasteiger charge is 2.11. The molecular formula is C13H17NO4. The van der Waals surface area contributed by atoms with Gasteiger partial charge in [-0.05, 0) is 32.0 Å². The lowest BCUT2D eigenvalue weighted by Gasteiger charge is -2.10. The van der Waals surface area contributed by atoms with Gasteiger partial charge in [0.1, 0.15) is 5.78 Å². The minimum absolute atomic E-state index is 0.0222. The Morgan fingerprint density at radius 2 is 2.00 bits per heavy atom. The van der Waals surface area contributed by atoms with E-state index < -0.39 is 0 Å². The lowest BCUT2D eigenvalue weighted by Crippen LogP contribution is -2.28. The quantitative estimate of drug-likeness (QED) is 0.830. The standard InChI is InChI=1S/C13H17NO4/c1-4-18-11-6-5-10(7-12(11)17-3)13(16)14-8-9(2)15/h5-7H,4,8H2,1-3H3,(H,14,16). The molecule has 1 aromatic rings. The monoisotopic (exact) mass is 251 g/mol. The first kappa shape index (κ1) is 14.0. The van der Waals surface area contributed by atoms with E-state index in [2.05, 4.69) is 5.32 Å². The Morgan fingerprint density at radius 1 is 1.28 bits per heavy atom. The minimum Gasteiger partial charge on any atom is -0.493 e. The van der Waals surface area contributed by atoms with Crippen LogP contribution in [0.2, 0.25) is 0 Å². The van der Waals surface area contributed by atoms with Gasteiger partial charge in [0.15, 0.2) is 11.5 Å². The molecule has 0 radical (unpaired) electrons. The van der Waals surface area contributed by atoms with Gasteiger partial charge in [-0.25, -0.2) is 0 Å². The summed E-state index contributed by atoms with van der Waals surface area (Å²) < 4.78 is 10.5. The summed E-state index contributed by atoms with van der Waals surface area (Å²) in [5.74, 6) is 0.670. The smallest absolute Gasteiger partial charge is 0.251 e. The number of hydrogen-bond donors (Lipinski definition) is 1. The Balaban J connectivity index is 2.84. The zero-order chi connectivity index (χ0) is 13.5. The van der Waals surface area contributed by atoms with Crippen molar-refractivity contribution in [1.82, 2.24) is 5.32 Å². The van der Waals surface area contributed by atoms with Gasteiger partial charge in [0.2, 0.25) is 0 Å². The lowest BCUT2D eigenvalue weighted by atomic mass is 10.2. The molecule has 0 atom stereocenters. The molecule has 0 saturated carbocycles. The number of methoxy groups -OCH3 is 1. The summed E-state index contributed by atoms with van der Waals surface area (Å²) in [5, 5.41) is 2.52. The van der Waals surface area contributed by atoms with Crippen LogP contribution in [0.1, 0.15) is 24.2 Å². The van der Waals surface area contributed by atoms with E-state index >= 15 is 0 Å². The van der Waals surface area contributed by atoms with Crippen molar-refractivity contribution in [3.63, 3.8) is 0 Å². The van der Waals surface area contributed by atoms with Crippen LogP contribution in [0, 0.1) is 0 Å². The van der Waals surface area contributed by atoms with Crippen LogP contribution in [-0.4, -0.2) is 32.0 Å². The summed E-state index contributed by atoms with van der Waals surface area (Å²) in [6, 6.07) is 4.88.